The molecule has 3 aromatic rings. The smallest absolute Gasteiger partial charge is 0.267 e. The van der Waals surface area contributed by atoms with Crippen molar-refractivity contribution in [1.82, 2.24) is 5.32 Å². The second-order valence-corrected chi connectivity index (χ2v) is 7.04. The molecule has 0 fully saturated rings. The number of hydrogen-bond acceptors (Lipinski definition) is 4. The molecule has 0 saturated carbocycles. The van der Waals surface area contributed by atoms with E-state index in [9.17, 15) is 9.59 Å². The van der Waals surface area contributed by atoms with Gasteiger partial charge in [-0.15, -0.1) is 11.3 Å². The average Bonchev–Trinajstić information content (AvgIpc) is 2.99. The summed E-state index contributed by atoms with van der Waals surface area (Å²) in [6.45, 7) is 0. The molecule has 2 amide bonds. The Bertz CT molecular complexity index is 967. The molecule has 0 saturated heterocycles. The Kier molecular flexibility index (Phi) is 5.44. The molecule has 26 heavy (non-hydrogen) atoms. The second-order valence-electron chi connectivity index (χ2n) is 5.61. The van der Waals surface area contributed by atoms with Gasteiger partial charge in [0.25, 0.3) is 5.91 Å². The Balaban J connectivity index is 1.78. The molecule has 1 aromatic heterocycles. The quantitative estimate of drug-likeness (QED) is 0.691. The van der Waals surface area contributed by atoms with Gasteiger partial charge in [0, 0.05) is 22.8 Å². The Hall–Kier alpha value is -2.57. The topological polar surface area (TPSA) is 67.4 Å². The number of benzene rings is 2. The molecule has 134 valence electrons. The predicted molar refractivity (Wildman–Crippen MR) is 106 cm³/mol. The molecule has 5 nitrogen and oxygen atoms in total. The Labute approximate surface area is 159 Å². The fraction of sp³-hybridized carbons (Fsp3) is 0.158. The number of hydrogen-bond donors (Lipinski definition) is 2. The van der Waals surface area contributed by atoms with E-state index in [4.69, 9.17) is 16.3 Å². The van der Waals surface area contributed by atoms with E-state index >= 15 is 0 Å². The van der Waals surface area contributed by atoms with Crippen LogP contribution in [-0.4, -0.2) is 26.0 Å². The summed E-state index contributed by atoms with van der Waals surface area (Å²) in [6, 6.07) is 12.7. The summed E-state index contributed by atoms with van der Waals surface area (Å²) in [4.78, 5) is 24.4. The van der Waals surface area contributed by atoms with Crippen LogP contribution in [0.5, 0.6) is 5.75 Å². The Morgan fingerprint density at radius 3 is 2.54 bits per heavy atom. The van der Waals surface area contributed by atoms with Gasteiger partial charge < -0.3 is 15.4 Å². The zero-order valence-electron chi connectivity index (χ0n) is 14.3. The molecule has 0 spiro atoms. The highest BCUT2D eigenvalue weighted by Gasteiger charge is 2.17. The highest BCUT2D eigenvalue weighted by Crippen LogP contribution is 2.37. The number of methoxy groups -OCH3 is 1. The minimum Gasteiger partial charge on any atom is -0.497 e. The minimum absolute atomic E-state index is 0.0609. The van der Waals surface area contributed by atoms with Gasteiger partial charge in [-0.25, -0.2) is 0 Å². The second kappa shape index (κ2) is 7.76. The van der Waals surface area contributed by atoms with Crippen LogP contribution < -0.4 is 15.4 Å². The third kappa shape index (κ3) is 3.81. The Morgan fingerprint density at radius 1 is 1.15 bits per heavy atom. The molecule has 2 aromatic carbocycles. The van der Waals surface area contributed by atoms with Crippen LogP contribution in [-0.2, 0) is 11.2 Å². The van der Waals surface area contributed by atoms with Crippen molar-refractivity contribution in [2.24, 2.45) is 0 Å². The maximum Gasteiger partial charge on any atom is 0.267 e. The SMILES string of the molecule is CNC(=O)Cc1ccc(NC(=O)c2sc3cc(OC)ccc3c2Cl)cc1. The molecule has 0 aliphatic carbocycles. The lowest BCUT2D eigenvalue weighted by Crippen LogP contribution is -2.19. The number of amides is 2. The number of likely N-dealkylation sites (N-methyl/N-ethyl adjacent to an activating group) is 1. The van der Waals surface area contributed by atoms with Crippen LogP contribution in [0.3, 0.4) is 0 Å². The molecule has 3 rings (SSSR count). The van der Waals surface area contributed by atoms with Crippen LogP contribution in [0.4, 0.5) is 5.69 Å². The van der Waals surface area contributed by atoms with E-state index in [-0.39, 0.29) is 11.8 Å². The number of anilines is 1. The van der Waals surface area contributed by atoms with Crippen molar-refractivity contribution >= 4 is 50.5 Å². The first kappa shape index (κ1) is 18.2. The van der Waals surface area contributed by atoms with Crippen LogP contribution in [0.2, 0.25) is 5.02 Å². The lowest BCUT2D eigenvalue weighted by molar-refractivity contribution is -0.119. The molecule has 0 aliphatic rings. The molecular formula is C19H17ClN2O3S. The van der Waals surface area contributed by atoms with Crippen LogP contribution in [0.25, 0.3) is 10.1 Å². The summed E-state index contributed by atoms with van der Waals surface area (Å²) >= 11 is 7.70. The van der Waals surface area contributed by atoms with Crippen LogP contribution in [0.15, 0.2) is 42.5 Å². The predicted octanol–water partition coefficient (Wildman–Crippen LogP) is 4.10. The number of rotatable bonds is 5. The molecule has 0 radical (unpaired) electrons. The summed E-state index contributed by atoms with van der Waals surface area (Å²) in [5.74, 6) is 0.387. The van der Waals surface area contributed by atoms with Crippen molar-refractivity contribution in [3.05, 3.63) is 57.9 Å². The molecule has 0 aliphatic heterocycles. The van der Waals surface area contributed by atoms with Gasteiger partial charge in [0.2, 0.25) is 5.91 Å². The van der Waals surface area contributed by atoms with Crippen molar-refractivity contribution in [2.45, 2.75) is 6.42 Å². The molecule has 7 heteroatoms. The summed E-state index contributed by atoms with van der Waals surface area (Å²) < 4.78 is 6.10. The van der Waals surface area contributed by atoms with E-state index in [2.05, 4.69) is 10.6 Å². The van der Waals surface area contributed by atoms with Crippen molar-refractivity contribution in [1.29, 1.82) is 0 Å². The van der Waals surface area contributed by atoms with Crippen molar-refractivity contribution in [2.75, 3.05) is 19.5 Å². The van der Waals surface area contributed by atoms with E-state index in [1.807, 2.05) is 30.3 Å². The Morgan fingerprint density at radius 2 is 1.88 bits per heavy atom. The van der Waals surface area contributed by atoms with Crippen molar-refractivity contribution < 1.29 is 14.3 Å². The number of halogens is 1. The van der Waals surface area contributed by atoms with Crippen LogP contribution >= 0.6 is 22.9 Å². The van der Waals surface area contributed by atoms with Gasteiger partial charge in [0.15, 0.2) is 0 Å². The monoisotopic (exact) mass is 388 g/mol. The van der Waals surface area contributed by atoms with E-state index in [1.165, 1.54) is 11.3 Å². The van der Waals surface area contributed by atoms with E-state index in [1.54, 1.807) is 26.3 Å². The first-order valence-electron chi connectivity index (χ1n) is 7.88. The number of thiophene rings is 1. The van der Waals surface area contributed by atoms with Gasteiger partial charge in [0.05, 0.1) is 18.6 Å². The summed E-state index contributed by atoms with van der Waals surface area (Å²) in [6.07, 6.45) is 0.300. The van der Waals surface area contributed by atoms with E-state index in [0.717, 1.165) is 15.6 Å². The van der Waals surface area contributed by atoms with Gasteiger partial charge in [-0.1, -0.05) is 23.7 Å². The summed E-state index contributed by atoms with van der Waals surface area (Å²) in [5, 5.41) is 6.67. The van der Waals surface area contributed by atoms with Gasteiger partial charge in [0.1, 0.15) is 10.6 Å². The summed E-state index contributed by atoms with van der Waals surface area (Å²) in [7, 11) is 3.19. The van der Waals surface area contributed by atoms with Crippen LogP contribution in [0.1, 0.15) is 15.2 Å². The molecule has 0 bridgehead atoms. The molecule has 0 atom stereocenters. The number of fused-ring (bicyclic) bond motifs is 1. The minimum atomic E-state index is -0.269. The lowest BCUT2D eigenvalue weighted by Gasteiger charge is -2.06. The van der Waals surface area contributed by atoms with Gasteiger partial charge in [-0.05, 0) is 35.9 Å². The first-order valence-corrected chi connectivity index (χ1v) is 9.08. The standard InChI is InChI=1S/C19H17ClN2O3S/c1-21-16(23)9-11-3-5-12(6-4-11)22-19(24)18-17(20)14-8-7-13(25-2)10-15(14)26-18/h3-8,10H,9H2,1-2H3,(H,21,23)(H,22,24). The fourth-order valence-corrected chi connectivity index (χ4v) is 3.93. The number of ether oxygens (including phenoxy) is 1. The highest BCUT2D eigenvalue weighted by atomic mass is 35.5. The third-order valence-corrected chi connectivity index (χ3v) is 5.55. The molecule has 2 N–H and O–H groups in total. The number of nitrogens with one attached hydrogen (secondary N) is 2. The molecular weight excluding hydrogens is 372 g/mol. The molecule has 0 unspecified atom stereocenters. The third-order valence-electron chi connectivity index (χ3n) is 3.90. The van der Waals surface area contributed by atoms with Gasteiger partial charge in [-0.3, -0.25) is 9.59 Å². The first-order chi connectivity index (χ1) is 12.5. The largest absolute Gasteiger partial charge is 0.497 e. The van der Waals surface area contributed by atoms with Gasteiger partial charge in [-0.2, -0.15) is 0 Å². The van der Waals surface area contributed by atoms with Crippen molar-refractivity contribution in [3.63, 3.8) is 0 Å². The maximum atomic E-state index is 12.6. The number of carbonyl (C=O) groups is 2. The lowest BCUT2D eigenvalue weighted by atomic mass is 10.1. The van der Waals surface area contributed by atoms with E-state index < -0.39 is 0 Å². The average molecular weight is 389 g/mol. The zero-order chi connectivity index (χ0) is 18.7. The van der Waals surface area contributed by atoms with Gasteiger partial charge >= 0.3 is 0 Å². The number of carbonyl (C=O) groups excluding carboxylic acids is 2. The van der Waals surface area contributed by atoms with Crippen molar-refractivity contribution in [3.8, 4) is 5.75 Å². The maximum absolute atomic E-state index is 12.6. The summed E-state index contributed by atoms with van der Waals surface area (Å²) in [5.41, 5.74) is 1.51. The van der Waals surface area contributed by atoms with E-state index in [0.29, 0.717) is 27.8 Å². The normalized spacial score (nSPS) is 10.6. The van der Waals surface area contributed by atoms with Crippen LogP contribution in [0, 0.1) is 0 Å². The fourth-order valence-electron chi connectivity index (χ4n) is 2.49. The zero-order valence-corrected chi connectivity index (χ0v) is 15.8. The molecule has 1 heterocycles. The highest BCUT2D eigenvalue weighted by molar-refractivity contribution is 7.21.